The molecule has 3 aromatic heterocycles. The summed E-state index contributed by atoms with van der Waals surface area (Å²) in [6.07, 6.45) is 4.08. The van der Waals surface area contributed by atoms with Gasteiger partial charge >= 0.3 is 0 Å². The van der Waals surface area contributed by atoms with Crippen molar-refractivity contribution in [3.63, 3.8) is 0 Å². The second-order valence-corrected chi connectivity index (χ2v) is 8.90. The highest BCUT2D eigenvalue weighted by molar-refractivity contribution is 5.93. The van der Waals surface area contributed by atoms with Crippen molar-refractivity contribution in [2.75, 3.05) is 0 Å². The van der Waals surface area contributed by atoms with E-state index < -0.39 is 0 Å². The van der Waals surface area contributed by atoms with Crippen molar-refractivity contribution in [3.05, 3.63) is 69.8 Å². The maximum atomic E-state index is 5.05. The van der Waals surface area contributed by atoms with Gasteiger partial charge < -0.3 is 9.97 Å². The lowest BCUT2D eigenvalue weighted by Crippen LogP contribution is -1.83. The molecule has 5 rings (SSSR count). The maximum Gasteiger partial charge on any atom is 0.0693 e. The van der Waals surface area contributed by atoms with Crippen LogP contribution in [-0.4, -0.2) is 19.9 Å². The quantitative estimate of drug-likeness (QED) is 0.452. The molecule has 0 spiro atoms. The van der Waals surface area contributed by atoms with E-state index in [1.165, 1.54) is 33.4 Å². The summed E-state index contributed by atoms with van der Waals surface area (Å²) in [5, 5.41) is 0. The third-order valence-corrected chi connectivity index (χ3v) is 6.79. The maximum absolute atomic E-state index is 5.05. The Hall–Kier alpha value is -3.40. The number of hydrogen-bond donors (Lipinski definition) is 2. The Balaban J connectivity index is 1.95. The van der Waals surface area contributed by atoms with Crippen LogP contribution >= 0.6 is 0 Å². The van der Waals surface area contributed by atoms with Gasteiger partial charge in [0.15, 0.2) is 0 Å². The summed E-state index contributed by atoms with van der Waals surface area (Å²) in [6, 6.07) is 10.9. The summed E-state index contributed by atoms with van der Waals surface area (Å²) in [6.45, 7) is 13.1. The first kappa shape index (κ1) is 20.5. The molecular formula is C28H30N4. The molecule has 2 N–H and O–H groups in total. The zero-order valence-corrected chi connectivity index (χ0v) is 19.8. The molecule has 5 heterocycles. The highest BCUT2D eigenvalue weighted by Gasteiger charge is 2.17. The van der Waals surface area contributed by atoms with Crippen molar-refractivity contribution >= 4 is 44.9 Å². The number of allylic oxidation sites excluding steroid dienone is 3. The number of rotatable bonds is 2. The van der Waals surface area contributed by atoms with Gasteiger partial charge in [0.05, 0.1) is 22.8 Å². The molecule has 0 unspecified atom stereocenters. The van der Waals surface area contributed by atoms with Crippen molar-refractivity contribution in [1.82, 2.24) is 19.9 Å². The molecule has 0 saturated carbocycles. The molecule has 0 amide bonds. The number of hydrogen-bond acceptors (Lipinski definition) is 2. The van der Waals surface area contributed by atoms with E-state index in [0.29, 0.717) is 0 Å². The molecule has 0 fully saturated rings. The minimum atomic E-state index is 0.954. The van der Waals surface area contributed by atoms with Crippen LogP contribution in [-0.2, 0) is 6.42 Å². The number of fused-ring (bicyclic) bond motifs is 8. The number of aromatic nitrogens is 4. The minimum absolute atomic E-state index is 0.954. The van der Waals surface area contributed by atoms with Crippen LogP contribution in [0.15, 0.2) is 30.3 Å². The SMILES string of the molecule is CCC1=C(C)c2cc3nc(cc4[nH]c(cc4C)cc4[nH]c(cc1n2)c(CC)c4C)C=C3C. The van der Waals surface area contributed by atoms with Gasteiger partial charge in [-0.25, -0.2) is 9.97 Å². The molecule has 8 bridgehead atoms. The van der Waals surface area contributed by atoms with Gasteiger partial charge in [-0.05, 0) is 110 Å². The largest absolute Gasteiger partial charge is 0.355 e. The predicted octanol–water partition coefficient (Wildman–Crippen LogP) is 7.40. The Morgan fingerprint density at radius 3 is 2.28 bits per heavy atom. The van der Waals surface area contributed by atoms with Crippen molar-refractivity contribution in [2.45, 2.75) is 54.4 Å². The second-order valence-electron chi connectivity index (χ2n) is 8.90. The van der Waals surface area contributed by atoms with Crippen LogP contribution in [0.3, 0.4) is 0 Å². The molecule has 0 radical (unpaired) electrons. The fourth-order valence-electron chi connectivity index (χ4n) is 4.91. The summed E-state index contributed by atoms with van der Waals surface area (Å²) in [5.41, 5.74) is 16.1. The Morgan fingerprint density at radius 1 is 0.719 bits per heavy atom. The van der Waals surface area contributed by atoms with Crippen LogP contribution in [0.4, 0.5) is 0 Å². The van der Waals surface area contributed by atoms with Crippen molar-refractivity contribution < 1.29 is 0 Å². The minimum Gasteiger partial charge on any atom is -0.355 e. The zero-order chi connectivity index (χ0) is 22.6. The van der Waals surface area contributed by atoms with Crippen LogP contribution < -0.4 is 0 Å². The molecule has 162 valence electrons. The number of nitrogens with zero attached hydrogens (tertiary/aromatic N) is 2. The molecule has 0 saturated heterocycles. The van der Waals surface area contributed by atoms with Gasteiger partial charge in [-0.1, -0.05) is 13.8 Å². The van der Waals surface area contributed by atoms with Gasteiger partial charge in [0, 0.05) is 22.1 Å². The predicted molar refractivity (Wildman–Crippen MR) is 136 cm³/mol. The summed E-state index contributed by atoms with van der Waals surface area (Å²) >= 11 is 0. The van der Waals surface area contributed by atoms with Crippen LogP contribution in [0.2, 0.25) is 0 Å². The lowest BCUT2D eigenvalue weighted by atomic mass is 10.0. The van der Waals surface area contributed by atoms with E-state index in [-0.39, 0.29) is 0 Å². The van der Waals surface area contributed by atoms with Gasteiger partial charge in [-0.3, -0.25) is 0 Å². The van der Waals surface area contributed by atoms with E-state index in [0.717, 1.165) is 57.7 Å². The van der Waals surface area contributed by atoms with Gasteiger partial charge in [-0.2, -0.15) is 0 Å². The summed E-state index contributed by atoms with van der Waals surface area (Å²) in [4.78, 5) is 17.2. The van der Waals surface area contributed by atoms with E-state index in [4.69, 9.17) is 9.97 Å². The van der Waals surface area contributed by atoms with E-state index in [1.807, 2.05) is 0 Å². The Bertz CT molecular complexity index is 1470. The van der Waals surface area contributed by atoms with Crippen molar-refractivity contribution in [3.8, 4) is 0 Å². The normalized spacial score (nSPS) is 13.6. The van der Waals surface area contributed by atoms with Crippen LogP contribution in [0.1, 0.15) is 73.6 Å². The summed E-state index contributed by atoms with van der Waals surface area (Å²) < 4.78 is 0. The number of nitrogens with one attached hydrogen (secondary N) is 2. The average Bonchev–Trinajstić information content (AvgIpc) is 3.44. The highest BCUT2D eigenvalue weighted by Crippen LogP contribution is 2.34. The van der Waals surface area contributed by atoms with Gasteiger partial charge in [0.2, 0.25) is 0 Å². The van der Waals surface area contributed by atoms with Gasteiger partial charge in [0.25, 0.3) is 0 Å². The van der Waals surface area contributed by atoms with Crippen LogP contribution in [0.25, 0.3) is 44.9 Å². The third kappa shape index (κ3) is 3.31. The molecule has 2 aliphatic rings. The lowest BCUT2D eigenvalue weighted by Gasteiger charge is -2.00. The number of aryl methyl sites for hydroxylation is 3. The highest BCUT2D eigenvalue weighted by atomic mass is 14.8. The molecule has 32 heavy (non-hydrogen) atoms. The Morgan fingerprint density at radius 2 is 1.53 bits per heavy atom. The zero-order valence-electron chi connectivity index (χ0n) is 19.8. The smallest absolute Gasteiger partial charge is 0.0693 e. The topological polar surface area (TPSA) is 57.4 Å². The van der Waals surface area contributed by atoms with Crippen LogP contribution in [0, 0.1) is 13.8 Å². The summed E-state index contributed by atoms with van der Waals surface area (Å²) in [5.74, 6) is 0. The fourth-order valence-corrected chi connectivity index (χ4v) is 4.91. The first-order valence-corrected chi connectivity index (χ1v) is 11.5. The Labute approximate surface area is 189 Å². The first-order valence-electron chi connectivity index (χ1n) is 11.5. The van der Waals surface area contributed by atoms with Gasteiger partial charge in [0.1, 0.15) is 0 Å². The van der Waals surface area contributed by atoms with Crippen molar-refractivity contribution in [2.24, 2.45) is 0 Å². The molecule has 4 heteroatoms. The molecule has 4 nitrogen and oxygen atoms in total. The van der Waals surface area contributed by atoms with Crippen molar-refractivity contribution in [1.29, 1.82) is 0 Å². The molecule has 0 aliphatic carbocycles. The van der Waals surface area contributed by atoms with E-state index in [9.17, 15) is 0 Å². The number of H-pyrrole nitrogens is 2. The Kier molecular flexibility index (Phi) is 4.89. The molecule has 3 aromatic rings. The standard InChI is InChI=1S/C28H30N4/c1-7-21-17(5)25-12-20-9-15(3)23(29-20)11-19-10-16(4)24(30-19)13-26-18(6)22(8-2)28(32-26)14-27(21)31-25/h9-14,29,31H,7-8H2,1-6H3. The van der Waals surface area contributed by atoms with Gasteiger partial charge in [-0.15, -0.1) is 0 Å². The van der Waals surface area contributed by atoms with E-state index >= 15 is 0 Å². The molecular weight excluding hydrogens is 392 g/mol. The third-order valence-electron chi connectivity index (χ3n) is 6.79. The summed E-state index contributed by atoms with van der Waals surface area (Å²) in [7, 11) is 0. The first-order chi connectivity index (χ1) is 15.4. The molecule has 0 aromatic carbocycles. The van der Waals surface area contributed by atoms with E-state index in [1.54, 1.807) is 0 Å². The molecule has 2 aliphatic heterocycles. The van der Waals surface area contributed by atoms with E-state index in [2.05, 4.69) is 87.9 Å². The number of aromatic amines is 2. The van der Waals surface area contributed by atoms with Crippen LogP contribution in [0.5, 0.6) is 0 Å². The second kappa shape index (κ2) is 7.63. The monoisotopic (exact) mass is 422 g/mol. The lowest BCUT2D eigenvalue weighted by molar-refractivity contribution is 1.14. The average molecular weight is 423 g/mol. The molecule has 0 atom stereocenters. The fraction of sp³-hybridized carbons (Fsp3) is 0.286.